The third-order valence-electron chi connectivity index (χ3n) is 2.83. The van der Waals surface area contributed by atoms with E-state index >= 15 is 0 Å². The lowest BCUT2D eigenvalue weighted by atomic mass is 10.1. The summed E-state index contributed by atoms with van der Waals surface area (Å²) < 4.78 is 17.3. The third kappa shape index (κ3) is 5.03. The number of H-pyrrole nitrogens is 1. The normalized spacial score (nSPS) is 10.3. The maximum Gasteiger partial charge on any atom is 0.311 e. The van der Waals surface area contributed by atoms with E-state index in [9.17, 15) is 18.8 Å². The van der Waals surface area contributed by atoms with Crippen LogP contribution in [0, 0.1) is 5.82 Å². The molecule has 0 aliphatic rings. The maximum atomic E-state index is 12.8. The van der Waals surface area contributed by atoms with Gasteiger partial charge in [0.1, 0.15) is 5.82 Å². The van der Waals surface area contributed by atoms with Gasteiger partial charge >= 0.3 is 5.97 Å². The van der Waals surface area contributed by atoms with Crippen LogP contribution >= 0.6 is 11.8 Å². The van der Waals surface area contributed by atoms with Gasteiger partial charge in [-0.3, -0.25) is 14.4 Å². The first-order valence-corrected chi connectivity index (χ1v) is 7.55. The van der Waals surface area contributed by atoms with Crippen LogP contribution in [0.5, 0.6) is 0 Å². The predicted molar refractivity (Wildman–Crippen MR) is 82.0 cm³/mol. The Hall–Kier alpha value is -2.48. The minimum Gasteiger partial charge on any atom is -0.469 e. The molecule has 1 aromatic heterocycles. The smallest absolute Gasteiger partial charge is 0.311 e. The molecule has 2 rings (SSSR count). The van der Waals surface area contributed by atoms with Gasteiger partial charge in [0.05, 0.1) is 25.0 Å². The summed E-state index contributed by atoms with van der Waals surface area (Å²) in [5, 5.41) is 0.229. The summed E-state index contributed by atoms with van der Waals surface area (Å²) in [7, 11) is 1.24. The standard InChI is InChI=1S/C15H13FN2O4S/c1-22-14(21)7-11-6-13(20)18-15(17-11)23-8-12(19)9-2-4-10(16)5-3-9/h2-6H,7-8H2,1H3,(H,17,18,20). The molecule has 0 saturated heterocycles. The summed E-state index contributed by atoms with van der Waals surface area (Å²) in [4.78, 5) is 41.3. The van der Waals surface area contributed by atoms with E-state index in [1.165, 1.54) is 37.4 Å². The summed E-state index contributed by atoms with van der Waals surface area (Å²) in [6.45, 7) is 0. The van der Waals surface area contributed by atoms with Crippen LogP contribution in [0.15, 0.2) is 40.3 Å². The van der Waals surface area contributed by atoms with Gasteiger partial charge < -0.3 is 9.72 Å². The first kappa shape index (κ1) is 16.9. The molecule has 1 N–H and O–H groups in total. The van der Waals surface area contributed by atoms with E-state index in [4.69, 9.17) is 0 Å². The zero-order chi connectivity index (χ0) is 16.8. The first-order chi connectivity index (χ1) is 11.0. The highest BCUT2D eigenvalue weighted by atomic mass is 32.2. The van der Waals surface area contributed by atoms with Crippen LogP contribution in [0.25, 0.3) is 0 Å². The molecular weight excluding hydrogens is 323 g/mol. The van der Waals surface area contributed by atoms with Crippen molar-refractivity contribution in [3.8, 4) is 0 Å². The van der Waals surface area contributed by atoms with Crippen molar-refractivity contribution >= 4 is 23.5 Å². The molecule has 0 spiro atoms. The Kier molecular flexibility index (Phi) is 5.64. The van der Waals surface area contributed by atoms with Gasteiger partial charge in [-0.05, 0) is 24.3 Å². The minimum atomic E-state index is -0.513. The Morgan fingerprint density at radius 3 is 2.65 bits per heavy atom. The fraction of sp³-hybridized carbons (Fsp3) is 0.200. The molecule has 0 bridgehead atoms. The number of carbonyl (C=O) groups excluding carboxylic acids is 2. The zero-order valence-corrected chi connectivity index (χ0v) is 13.0. The molecule has 6 nitrogen and oxygen atoms in total. The van der Waals surface area contributed by atoms with Crippen LogP contribution < -0.4 is 5.56 Å². The Balaban J connectivity index is 2.05. The van der Waals surface area contributed by atoms with Gasteiger partial charge in [0, 0.05) is 11.6 Å². The largest absolute Gasteiger partial charge is 0.469 e. The number of thioether (sulfide) groups is 1. The molecule has 0 aliphatic carbocycles. The highest BCUT2D eigenvalue weighted by molar-refractivity contribution is 7.99. The van der Waals surface area contributed by atoms with E-state index in [1.54, 1.807) is 0 Å². The number of ketones is 1. The van der Waals surface area contributed by atoms with E-state index in [-0.39, 0.29) is 28.8 Å². The van der Waals surface area contributed by atoms with Gasteiger partial charge in [-0.1, -0.05) is 11.8 Å². The molecule has 8 heteroatoms. The lowest BCUT2D eigenvalue weighted by Crippen LogP contribution is -2.14. The number of esters is 1. The average molecular weight is 336 g/mol. The van der Waals surface area contributed by atoms with Crippen LogP contribution in [-0.4, -0.2) is 34.6 Å². The quantitative estimate of drug-likeness (QED) is 0.373. The molecule has 1 heterocycles. The van der Waals surface area contributed by atoms with Crippen LogP contribution in [0.1, 0.15) is 16.1 Å². The van der Waals surface area contributed by atoms with Crippen molar-refractivity contribution < 1.29 is 18.7 Å². The van der Waals surface area contributed by atoms with Crippen molar-refractivity contribution in [2.24, 2.45) is 0 Å². The minimum absolute atomic E-state index is 0.0241. The number of nitrogens with one attached hydrogen (secondary N) is 1. The maximum absolute atomic E-state index is 12.8. The third-order valence-corrected chi connectivity index (χ3v) is 3.71. The van der Waals surface area contributed by atoms with Crippen molar-refractivity contribution in [1.29, 1.82) is 0 Å². The van der Waals surface area contributed by atoms with E-state index in [2.05, 4.69) is 14.7 Å². The Morgan fingerprint density at radius 1 is 1.30 bits per heavy atom. The predicted octanol–water partition coefficient (Wildman–Crippen LogP) is 1.60. The molecule has 0 aliphatic heterocycles. The second-order valence-electron chi connectivity index (χ2n) is 4.51. The summed E-state index contributed by atoms with van der Waals surface area (Å²) >= 11 is 1.03. The molecule has 0 atom stereocenters. The van der Waals surface area contributed by atoms with E-state index < -0.39 is 17.3 Å². The molecule has 0 radical (unpaired) electrons. The number of ether oxygens (including phenoxy) is 1. The molecule has 0 amide bonds. The molecule has 120 valence electrons. The van der Waals surface area contributed by atoms with Gasteiger partial charge in [0.15, 0.2) is 10.9 Å². The topological polar surface area (TPSA) is 89.1 Å². The highest BCUT2D eigenvalue weighted by Crippen LogP contribution is 2.14. The van der Waals surface area contributed by atoms with Crippen molar-refractivity contribution in [1.82, 2.24) is 9.97 Å². The van der Waals surface area contributed by atoms with Crippen LogP contribution in [0.3, 0.4) is 0 Å². The fourth-order valence-electron chi connectivity index (χ4n) is 1.72. The Labute approximate surface area is 135 Å². The average Bonchev–Trinajstić information content (AvgIpc) is 2.52. The van der Waals surface area contributed by atoms with Gasteiger partial charge in [0.25, 0.3) is 5.56 Å². The van der Waals surface area contributed by atoms with Gasteiger partial charge in [-0.2, -0.15) is 0 Å². The van der Waals surface area contributed by atoms with Gasteiger partial charge in [0.2, 0.25) is 0 Å². The van der Waals surface area contributed by atoms with E-state index in [0.29, 0.717) is 5.56 Å². The first-order valence-electron chi connectivity index (χ1n) is 6.56. The molecule has 0 fully saturated rings. The monoisotopic (exact) mass is 336 g/mol. The summed E-state index contributed by atoms with van der Waals surface area (Å²) in [6.07, 6.45) is -0.125. The number of hydrogen-bond donors (Lipinski definition) is 1. The fourth-order valence-corrected chi connectivity index (χ4v) is 2.50. The second kappa shape index (κ2) is 7.68. The lowest BCUT2D eigenvalue weighted by molar-refractivity contribution is -0.139. The number of aromatic nitrogens is 2. The number of halogens is 1. The molecule has 0 unspecified atom stereocenters. The van der Waals surface area contributed by atoms with Crippen LogP contribution in [-0.2, 0) is 16.0 Å². The van der Waals surface area contributed by atoms with E-state index in [1.807, 2.05) is 0 Å². The number of carbonyl (C=O) groups is 2. The number of aromatic amines is 1. The molecule has 1 aromatic carbocycles. The molecule has 23 heavy (non-hydrogen) atoms. The second-order valence-corrected chi connectivity index (χ2v) is 5.48. The summed E-state index contributed by atoms with van der Waals surface area (Å²) in [5.41, 5.74) is 0.208. The Bertz CT molecular complexity index is 774. The number of Topliss-reactive ketones (excluding diaryl/α,β-unsaturated/α-hetero) is 1. The van der Waals surface area contributed by atoms with E-state index in [0.717, 1.165) is 11.8 Å². The number of methoxy groups -OCH3 is 1. The number of nitrogens with zero attached hydrogens (tertiary/aromatic N) is 1. The van der Waals surface area contributed by atoms with Crippen molar-refractivity contribution in [3.63, 3.8) is 0 Å². The van der Waals surface area contributed by atoms with Crippen molar-refractivity contribution in [2.75, 3.05) is 12.9 Å². The van der Waals surface area contributed by atoms with Crippen molar-refractivity contribution in [2.45, 2.75) is 11.6 Å². The van der Waals surface area contributed by atoms with Crippen LogP contribution in [0.2, 0.25) is 0 Å². The lowest BCUT2D eigenvalue weighted by Gasteiger charge is -2.04. The van der Waals surface area contributed by atoms with Crippen LogP contribution in [0.4, 0.5) is 4.39 Å². The number of rotatable bonds is 6. The number of benzene rings is 1. The van der Waals surface area contributed by atoms with Crippen molar-refractivity contribution in [3.05, 3.63) is 57.8 Å². The molecule has 2 aromatic rings. The Morgan fingerprint density at radius 2 is 2.00 bits per heavy atom. The highest BCUT2D eigenvalue weighted by Gasteiger charge is 2.11. The summed E-state index contributed by atoms with van der Waals surface area (Å²) in [5.74, 6) is -1.14. The molecule has 0 saturated carbocycles. The van der Waals surface area contributed by atoms with Gasteiger partial charge in [-0.15, -0.1) is 0 Å². The summed E-state index contributed by atoms with van der Waals surface area (Å²) in [6, 6.07) is 6.39. The SMILES string of the molecule is COC(=O)Cc1cc(=O)[nH]c(SCC(=O)c2ccc(F)cc2)n1. The zero-order valence-electron chi connectivity index (χ0n) is 12.2. The number of hydrogen-bond acceptors (Lipinski definition) is 6. The van der Waals surface area contributed by atoms with Gasteiger partial charge in [-0.25, -0.2) is 9.37 Å². The molecular formula is C15H13FN2O4S.